The van der Waals surface area contributed by atoms with Gasteiger partial charge in [0.05, 0.1) is 53.7 Å². The van der Waals surface area contributed by atoms with E-state index in [0.717, 1.165) is 23.2 Å². The van der Waals surface area contributed by atoms with Crippen LogP contribution in [0.5, 0.6) is 0 Å². The van der Waals surface area contributed by atoms with Crippen LogP contribution in [0.4, 0.5) is 5.69 Å². The Hall–Kier alpha value is -4.57. The van der Waals surface area contributed by atoms with Gasteiger partial charge in [0, 0.05) is 35.2 Å². The lowest BCUT2D eigenvalue weighted by atomic mass is 9.94. The standard InChI is InChI=1S/C29H27ClN8O2/c1-18-5-3-8-25(19-6-4-7-20(13-19)28-24(34-29(18)40)16-33-36(28)2)37-17-31-23(15-27(37)39)22-14-21(30)9-10-26(22)38-12-11-32-35-38/h4,6-7,9-18,25H,3,5,8H2,1-2H3,(H,34,40)/t18-,25+/m1/s1. The van der Waals surface area contributed by atoms with Gasteiger partial charge in [-0.05, 0) is 42.7 Å². The molecule has 4 heterocycles. The summed E-state index contributed by atoms with van der Waals surface area (Å²) < 4.78 is 5.03. The highest BCUT2D eigenvalue weighted by atomic mass is 35.5. The summed E-state index contributed by atoms with van der Waals surface area (Å²) in [5.74, 6) is -0.239. The number of carbonyl (C=O) groups is 1. The van der Waals surface area contributed by atoms with E-state index in [1.807, 2.05) is 38.2 Å². The fraction of sp³-hybridized carbons (Fsp3) is 0.241. The van der Waals surface area contributed by atoms with Crippen LogP contribution >= 0.6 is 11.6 Å². The molecule has 6 rings (SSSR count). The van der Waals surface area contributed by atoms with Gasteiger partial charge in [-0.25, -0.2) is 9.67 Å². The van der Waals surface area contributed by atoms with Gasteiger partial charge in [-0.15, -0.1) is 5.10 Å². The van der Waals surface area contributed by atoms with Gasteiger partial charge in [-0.2, -0.15) is 5.10 Å². The zero-order valence-corrected chi connectivity index (χ0v) is 22.8. The maximum Gasteiger partial charge on any atom is 0.254 e. The first-order valence-electron chi connectivity index (χ1n) is 13.1. The minimum atomic E-state index is -0.269. The maximum atomic E-state index is 13.7. The molecule has 2 bridgehead atoms. The molecule has 1 N–H and O–H groups in total. The van der Waals surface area contributed by atoms with Crippen molar-refractivity contribution in [1.29, 1.82) is 0 Å². The molecule has 0 radical (unpaired) electrons. The van der Waals surface area contributed by atoms with E-state index in [1.54, 1.807) is 51.0 Å². The van der Waals surface area contributed by atoms with Crippen molar-refractivity contribution >= 4 is 23.2 Å². The van der Waals surface area contributed by atoms with Crippen molar-refractivity contribution in [3.8, 4) is 28.2 Å². The van der Waals surface area contributed by atoms with Gasteiger partial charge in [0.25, 0.3) is 5.56 Å². The van der Waals surface area contributed by atoms with Gasteiger partial charge in [0.2, 0.25) is 5.91 Å². The van der Waals surface area contributed by atoms with E-state index in [9.17, 15) is 9.59 Å². The second-order valence-corrected chi connectivity index (χ2v) is 10.5. The van der Waals surface area contributed by atoms with Crippen molar-refractivity contribution in [1.82, 2.24) is 34.3 Å². The number of aromatic nitrogens is 7. The second-order valence-electron chi connectivity index (χ2n) is 10.0. The zero-order chi connectivity index (χ0) is 27.8. The van der Waals surface area contributed by atoms with Crippen LogP contribution in [0.15, 0.2) is 78.2 Å². The number of carbonyl (C=O) groups excluding carboxylic acids is 1. The third-order valence-corrected chi connectivity index (χ3v) is 7.61. The first-order valence-corrected chi connectivity index (χ1v) is 13.4. The smallest absolute Gasteiger partial charge is 0.254 e. The van der Waals surface area contributed by atoms with E-state index in [1.165, 1.54) is 6.07 Å². The minimum absolute atomic E-state index is 0.0459. The molecule has 5 aromatic rings. The van der Waals surface area contributed by atoms with Gasteiger partial charge in [0.15, 0.2) is 0 Å². The maximum absolute atomic E-state index is 13.7. The Morgan fingerprint density at radius 2 is 1.95 bits per heavy atom. The quantitative estimate of drug-likeness (QED) is 0.340. The second kappa shape index (κ2) is 10.5. The molecular formula is C29H27ClN8O2. The average molecular weight is 555 g/mol. The van der Waals surface area contributed by atoms with E-state index < -0.39 is 0 Å². The van der Waals surface area contributed by atoms with Gasteiger partial charge in [-0.1, -0.05) is 48.4 Å². The SMILES string of the molecule is C[C@@H]1CCC[C@H](n2cnc(-c3cc(Cl)ccc3-n3ccnn3)cc2=O)c2cccc(c2)-c2c(cnn2C)NC1=O. The monoisotopic (exact) mass is 554 g/mol. The third-order valence-electron chi connectivity index (χ3n) is 7.38. The highest BCUT2D eigenvalue weighted by molar-refractivity contribution is 6.31. The van der Waals surface area contributed by atoms with Gasteiger partial charge in [0.1, 0.15) is 0 Å². The predicted octanol–water partition coefficient (Wildman–Crippen LogP) is 4.89. The Kier molecular flexibility index (Phi) is 6.77. The number of aryl methyl sites for hydroxylation is 1. The molecule has 3 aromatic heterocycles. The van der Waals surface area contributed by atoms with Crippen molar-refractivity contribution in [2.75, 3.05) is 5.32 Å². The lowest BCUT2D eigenvalue weighted by molar-refractivity contribution is -0.119. The number of amides is 1. The van der Waals surface area contributed by atoms with Crippen molar-refractivity contribution in [2.24, 2.45) is 13.0 Å². The predicted molar refractivity (Wildman–Crippen MR) is 152 cm³/mol. The molecule has 10 nitrogen and oxygen atoms in total. The molecule has 202 valence electrons. The summed E-state index contributed by atoms with van der Waals surface area (Å²) in [4.78, 5) is 31.3. The molecule has 2 aromatic carbocycles. The number of fused-ring (bicyclic) bond motifs is 4. The molecule has 0 fully saturated rings. The fourth-order valence-electron chi connectivity index (χ4n) is 5.28. The first kappa shape index (κ1) is 25.7. The molecule has 0 unspecified atom stereocenters. The van der Waals surface area contributed by atoms with Gasteiger partial charge in [-0.3, -0.25) is 18.8 Å². The first-order chi connectivity index (χ1) is 19.4. The molecule has 40 heavy (non-hydrogen) atoms. The Labute approximate surface area is 235 Å². The van der Waals surface area contributed by atoms with Crippen LogP contribution in [0.1, 0.15) is 37.8 Å². The summed E-state index contributed by atoms with van der Waals surface area (Å²) in [5, 5.41) is 15.9. The molecule has 0 spiro atoms. The molecule has 0 saturated heterocycles. The summed E-state index contributed by atoms with van der Waals surface area (Å²) in [6, 6.07) is 14.6. The molecule has 0 aliphatic carbocycles. The zero-order valence-electron chi connectivity index (χ0n) is 22.0. The van der Waals surface area contributed by atoms with E-state index in [4.69, 9.17) is 16.6 Å². The van der Waals surface area contributed by atoms with Crippen molar-refractivity contribution in [2.45, 2.75) is 32.2 Å². The lowest BCUT2D eigenvalue weighted by Crippen LogP contribution is -2.26. The van der Waals surface area contributed by atoms with Gasteiger partial charge >= 0.3 is 0 Å². The van der Waals surface area contributed by atoms with Crippen LogP contribution in [-0.2, 0) is 11.8 Å². The van der Waals surface area contributed by atoms with Crippen LogP contribution in [0.3, 0.4) is 0 Å². The number of benzene rings is 2. The number of hydrogen-bond acceptors (Lipinski definition) is 6. The highest BCUT2D eigenvalue weighted by Crippen LogP contribution is 2.34. The number of nitrogens with one attached hydrogen (secondary N) is 1. The number of nitrogens with zero attached hydrogens (tertiary/aromatic N) is 7. The summed E-state index contributed by atoms with van der Waals surface area (Å²) in [6.45, 7) is 1.92. The molecule has 2 atom stereocenters. The Morgan fingerprint density at radius 3 is 2.75 bits per heavy atom. The molecule has 1 aliphatic heterocycles. The molecule has 1 aliphatic rings. The van der Waals surface area contributed by atoms with Crippen LogP contribution < -0.4 is 10.9 Å². The normalized spacial score (nSPS) is 17.4. The van der Waals surface area contributed by atoms with Crippen LogP contribution in [0.2, 0.25) is 5.02 Å². The van der Waals surface area contributed by atoms with Crippen molar-refractivity contribution in [3.05, 3.63) is 94.4 Å². The Bertz CT molecular complexity index is 1760. The summed E-state index contributed by atoms with van der Waals surface area (Å²) >= 11 is 6.32. The summed E-state index contributed by atoms with van der Waals surface area (Å²) in [5.41, 5.74) is 5.04. The summed E-state index contributed by atoms with van der Waals surface area (Å²) in [6.07, 6.45) is 8.68. The van der Waals surface area contributed by atoms with Crippen molar-refractivity contribution < 1.29 is 4.79 Å². The topological polar surface area (TPSA) is 113 Å². The number of anilines is 1. The number of hydrogen-bond donors (Lipinski definition) is 1. The van der Waals surface area contributed by atoms with E-state index in [-0.39, 0.29) is 23.4 Å². The molecule has 11 heteroatoms. The average Bonchev–Trinajstić information content (AvgIpc) is 3.61. The third kappa shape index (κ3) is 4.82. The highest BCUT2D eigenvalue weighted by Gasteiger charge is 2.23. The van der Waals surface area contributed by atoms with E-state index in [0.29, 0.717) is 40.5 Å². The molecule has 0 saturated carbocycles. The van der Waals surface area contributed by atoms with Gasteiger partial charge < -0.3 is 5.32 Å². The number of halogens is 1. The number of rotatable bonds is 3. The van der Waals surface area contributed by atoms with E-state index in [2.05, 4.69) is 26.8 Å². The largest absolute Gasteiger partial charge is 0.323 e. The molecule has 1 amide bonds. The summed E-state index contributed by atoms with van der Waals surface area (Å²) in [7, 11) is 1.85. The lowest BCUT2D eigenvalue weighted by Gasteiger charge is -2.23. The Balaban J connectivity index is 1.44. The Morgan fingerprint density at radius 1 is 1.07 bits per heavy atom. The van der Waals surface area contributed by atoms with Crippen LogP contribution in [0.25, 0.3) is 28.2 Å². The fourth-order valence-corrected chi connectivity index (χ4v) is 5.45. The van der Waals surface area contributed by atoms with Crippen LogP contribution in [0, 0.1) is 5.92 Å². The van der Waals surface area contributed by atoms with E-state index >= 15 is 0 Å². The van der Waals surface area contributed by atoms with Crippen molar-refractivity contribution in [3.63, 3.8) is 0 Å². The minimum Gasteiger partial charge on any atom is -0.323 e. The van der Waals surface area contributed by atoms with Crippen LogP contribution in [-0.4, -0.2) is 40.2 Å². The molecular weight excluding hydrogens is 528 g/mol.